The van der Waals surface area contributed by atoms with Crippen LogP contribution in [0.1, 0.15) is 25.7 Å². The lowest BCUT2D eigenvalue weighted by atomic mass is 10.1. The Kier molecular flexibility index (Phi) is 10.3. The second-order valence-electron chi connectivity index (χ2n) is 3.69. The first-order chi connectivity index (χ1) is 8.24. The van der Waals surface area contributed by atoms with Gasteiger partial charge in [0.2, 0.25) is 0 Å². The molecule has 0 aliphatic carbocycles. The predicted octanol–water partition coefficient (Wildman–Crippen LogP) is 2.63. The van der Waals surface area contributed by atoms with Gasteiger partial charge in [0.15, 0.2) is 0 Å². The van der Waals surface area contributed by atoms with Crippen molar-refractivity contribution in [3.05, 3.63) is 37.0 Å². The third-order valence-corrected chi connectivity index (χ3v) is 2.32. The van der Waals surface area contributed by atoms with Gasteiger partial charge in [-0.1, -0.05) is 30.4 Å². The van der Waals surface area contributed by atoms with Gasteiger partial charge < -0.3 is 9.84 Å². The molecule has 1 atom stereocenters. The molecule has 0 radical (unpaired) electrons. The van der Waals surface area contributed by atoms with Crippen LogP contribution in [0, 0.1) is 5.92 Å². The van der Waals surface area contributed by atoms with Gasteiger partial charge in [-0.2, -0.15) is 0 Å². The van der Waals surface area contributed by atoms with Gasteiger partial charge >= 0.3 is 5.97 Å². The van der Waals surface area contributed by atoms with Crippen molar-refractivity contribution in [2.75, 3.05) is 13.7 Å². The molecule has 1 N–H and O–H groups in total. The number of aliphatic hydroxyl groups is 1. The molecule has 0 fully saturated rings. The number of carbonyl (C=O) groups is 1. The van der Waals surface area contributed by atoms with Crippen LogP contribution in [-0.2, 0) is 9.53 Å². The third kappa shape index (κ3) is 9.57. The van der Waals surface area contributed by atoms with E-state index in [9.17, 15) is 4.79 Å². The van der Waals surface area contributed by atoms with Gasteiger partial charge in [-0.15, -0.1) is 6.58 Å². The summed E-state index contributed by atoms with van der Waals surface area (Å²) < 4.78 is 4.54. The first-order valence-electron chi connectivity index (χ1n) is 5.86. The summed E-state index contributed by atoms with van der Waals surface area (Å²) in [6.07, 6.45) is 12.8. The van der Waals surface area contributed by atoms with E-state index in [-0.39, 0.29) is 18.5 Å². The molecule has 3 heteroatoms. The molecular formula is C14H22O3. The minimum atomic E-state index is -0.157. The van der Waals surface area contributed by atoms with E-state index in [2.05, 4.69) is 17.4 Å². The van der Waals surface area contributed by atoms with Crippen LogP contribution in [0.2, 0.25) is 0 Å². The SMILES string of the molecule is C=CC(C=CC/C=C\CCCC(=O)OC)CO. The fourth-order valence-corrected chi connectivity index (χ4v) is 1.23. The zero-order chi connectivity index (χ0) is 12.9. The summed E-state index contributed by atoms with van der Waals surface area (Å²) >= 11 is 0. The Morgan fingerprint density at radius 1 is 1.41 bits per heavy atom. The van der Waals surface area contributed by atoms with Crippen molar-refractivity contribution in [2.24, 2.45) is 5.92 Å². The molecule has 17 heavy (non-hydrogen) atoms. The van der Waals surface area contributed by atoms with Crippen molar-refractivity contribution in [1.82, 2.24) is 0 Å². The molecule has 0 aromatic heterocycles. The van der Waals surface area contributed by atoms with Gasteiger partial charge in [0.25, 0.3) is 0 Å². The van der Waals surface area contributed by atoms with Crippen molar-refractivity contribution in [1.29, 1.82) is 0 Å². The monoisotopic (exact) mass is 238 g/mol. The number of rotatable bonds is 9. The topological polar surface area (TPSA) is 46.5 Å². The predicted molar refractivity (Wildman–Crippen MR) is 69.5 cm³/mol. The quantitative estimate of drug-likeness (QED) is 0.381. The van der Waals surface area contributed by atoms with Gasteiger partial charge in [0.1, 0.15) is 0 Å². The number of carbonyl (C=O) groups excluding carboxylic acids is 1. The lowest BCUT2D eigenvalue weighted by Gasteiger charge is -1.99. The molecule has 0 bridgehead atoms. The second-order valence-corrected chi connectivity index (χ2v) is 3.69. The molecule has 0 aromatic rings. The van der Waals surface area contributed by atoms with E-state index in [1.165, 1.54) is 7.11 Å². The van der Waals surface area contributed by atoms with Crippen molar-refractivity contribution in [3.63, 3.8) is 0 Å². The lowest BCUT2D eigenvalue weighted by Crippen LogP contribution is -1.98. The van der Waals surface area contributed by atoms with Gasteiger partial charge in [0.05, 0.1) is 13.7 Å². The van der Waals surface area contributed by atoms with Gasteiger partial charge in [-0.25, -0.2) is 0 Å². The third-order valence-electron chi connectivity index (χ3n) is 2.32. The van der Waals surface area contributed by atoms with E-state index in [1.807, 2.05) is 18.2 Å². The zero-order valence-electron chi connectivity index (χ0n) is 10.5. The summed E-state index contributed by atoms with van der Waals surface area (Å²) in [6.45, 7) is 3.72. The molecule has 0 aromatic carbocycles. The first-order valence-corrected chi connectivity index (χ1v) is 5.86. The average molecular weight is 238 g/mol. The van der Waals surface area contributed by atoms with E-state index in [0.29, 0.717) is 6.42 Å². The van der Waals surface area contributed by atoms with Crippen LogP contribution >= 0.6 is 0 Å². The Morgan fingerprint density at radius 2 is 2.18 bits per heavy atom. The zero-order valence-corrected chi connectivity index (χ0v) is 10.5. The van der Waals surface area contributed by atoms with Crippen molar-refractivity contribution < 1.29 is 14.6 Å². The van der Waals surface area contributed by atoms with Gasteiger partial charge in [-0.3, -0.25) is 4.79 Å². The molecule has 0 spiro atoms. The highest BCUT2D eigenvalue weighted by atomic mass is 16.5. The number of methoxy groups -OCH3 is 1. The van der Waals surface area contributed by atoms with Crippen molar-refractivity contribution in [2.45, 2.75) is 25.7 Å². The van der Waals surface area contributed by atoms with Crippen LogP contribution in [0.5, 0.6) is 0 Å². The minimum absolute atomic E-state index is 0.0442. The maximum atomic E-state index is 10.8. The van der Waals surface area contributed by atoms with Gasteiger partial charge in [-0.05, 0) is 19.3 Å². The highest BCUT2D eigenvalue weighted by Gasteiger charge is 1.96. The van der Waals surface area contributed by atoms with Crippen molar-refractivity contribution in [3.8, 4) is 0 Å². The molecule has 0 saturated carbocycles. The molecule has 0 aliphatic heterocycles. The highest BCUT2D eigenvalue weighted by molar-refractivity contribution is 5.68. The van der Waals surface area contributed by atoms with E-state index in [1.54, 1.807) is 6.08 Å². The summed E-state index contributed by atoms with van der Waals surface area (Å²) in [7, 11) is 1.40. The van der Waals surface area contributed by atoms with Crippen LogP contribution in [0.25, 0.3) is 0 Å². The van der Waals surface area contributed by atoms with Crippen LogP contribution in [0.3, 0.4) is 0 Å². The number of hydrogen-bond donors (Lipinski definition) is 1. The van der Waals surface area contributed by atoms with Crippen LogP contribution in [0.4, 0.5) is 0 Å². The highest BCUT2D eigenvalue weighted by Crippen LogP contribution is 2.02. The Hall–Kier alpha value is -1.35. The number of allylic oxidation sites excluding steroid dienone is 3. The van der Waals surface area contributed by atoms with E-state index in [0.717, 1.165) is 19.3 Å². The maximum absolute atomic E-state index is 10.8. The molecule has 3 nitrogen and oxygen atoms in total. The minimum Gasteiger partial charge on any atom is -0.469 e. The van der Waals surface area contributed by atoms with E-state index in [4.69, 9.17) is 5.11 Å². The summed E-state index contributed by atoms with van der Waals surface area (Å²) in [6, 6.07) is 0. The maximum Gasteiger partial charge on any atom is 0.305 e. The molecule has 0 aliphatic rings. The van der Waals surface area contributed by atoms with Gasteiger partial charge in [0, 0.05) is 12.3 Å². The number of hydrogen-bond acceptors (Lipinski definition) is 3. The Bertz CT molecular complexity index is 267. The smallest absolute Gasteiger partial charge is 0.305 e. The largest absolute Gasteiger partial charge is 0.469 e. The second kappa shape index (κ2) is 11.1. The lowest BCUT2D eigenvalue weighted by molar-refractivity contribution is -0.140. The molecule has 0 amide bonds. The standard InChI is InChI=1S/C14H22O3/c1-3-13(12-15)10-8-6-4-5-7-9-11-14(16)17-2/h3-5,8,10,13,15H,1,6-7,9,11-12H2,2H3/b5-4-,10-8?. The average Bonchev–Trinajstić information content (AvgIpc) is 2.36. The molecular weight excluding hydrogens is 216 g/mol. The molecule has 0 saturated heterocycles. The van der Waals surface area contributed by atoms with Crippen LogP contribution in [0.15, 0.2) is 37.0 Å². The number of ether oxygens (including phenoxy) is 1. The fraction of sp³-hybridized carbons (Fsp3) is 0.500. The molecule has 1 unspecified atom stereocenters. The number of unbranched alkanes of at least 4 members (excludes halogenated alkanes) is 1. The van der Waals surface area contributed by atoms with Crippen LogP contribution < -0.4 is 0 Å². The first kappa shape index (κ1) is 15.7. The van der Waals surface area contributed by atoms with Crippen LogP contribution in [-0.4, -0.2) is 24.8 Å². The van der Waals surface area contributed by atoms with Crippen molar-refractivity contribution >= 4 is 5.97 Å². The summed E-state index contributed by atoms with van der Waals surface area (Å²) in [5.41, 5.74) is 0. The summed E-state index contributed by atoms with van der Waals surface area (Å²) in [5.74, 6) is -0.113. The number of aliphatic hydroxyl groups excluding tert-OH is 1. The number of esters is 1. The normalized spacial score (nSPS) is 13.1. The summed E-state index contributed by atoms with van der Waals surface area (Å²) in [5, 5.41) is 8.89. The molecule has 0 rings (SSSR count). The summed E-state index contributed by atoms with van der Waals surface area (Å²) in [4.78, 5) is 10.8. The van der Waals surface area contributed by atoms with E-state index < -0.39 is 0 Å². The molecule has 96 valence electrons. The Morgan fingerprint density at radius 3 is 2.76 bits per heavy atom. The molecule has 0 heterocycles. The Labute approximate surface area is 103 Å². The van der Waals surface area contributed by atoms with E-state index >= 15 is 0 Å². The Balaban J connectivity index is 3.54. The fourth-order valence-electron chi connectivity index (χ4n) is 1.23.